The van der Waals surface area contributed by atoms with Gasteiger partial charge in [0, 0.05) is 64.6 Å². The van der Waals surface area contributed by atoms with Crippen molar-refractivity contribution in [1.29, 1.82) is 0 Å². The number of rotatable bonds is 4. The van der Waals surface area contributed by atoms with Gasteiger partial charge in [-0.25, -0.2) is 9.78 Å². The number of piperidine rings is 1. The minimum absolute atomic E-state index is 0.0281. The highest BCUT2D eigenvalue weighted by Gasteiger charge is 2.33. The van der Waals surface area contributed by atoms with E-state index in [4.69, 9.17) is 27.9 Å². The Morgan fingerprint density at radius 2 is 1.75 bits per heavy atom. The van der Waals surface area contributed by atoms with E-state index in [2.05, 4.69) is 31.2 Å². The number of halogens is 2. The number of hydrogen-bond donors (Lipinski definition) is 1. The van der Waals surface area contributed by atoms with Crippen LogP contribution >= 0.6 is 23.2 Å². The van der Waals surface area contributed by atoms with E-state index in [9.17, 15) is 9.59 Å². The van der Waals surface area contributed by atoms with Crippen LogP contribution in [0.15, 0.2) is 18.3 Å². The summed E-state index contributed by atoms with van der Waals surface area (Å²) in [7, 11) is 1.82. The van der Waals surface area contributed by atoms with Gasteiger partial charge in [-0.05, 0) is 69.3 Å². The summed E-state index contributed by atoms with van der Waals surface area (Å²) in [5.74, 6) is 0.338. The fraction of sp³-hybridized carbons (Fsp3) is 0.571. The average Bonchev–Trinajstić information content (AvgIpc) is 2.92. The van der Waals surface area contributed by atoms with Gasteiger partial charge in [0.1, 0.15) is 10.6 Å². The van der Waals surface area contributed by atoms with Crippen molar-refractivity contribution < 1.29 is 14.3 Å². The highest BCUT2D eigenvalue weighted by Crippen LogP contribution is 2.37. The quantitative estimate of drug-likeness (QED) is 0.514. The summed E-state index contributed by atoms with van der Waals surface area (Å²) in [6.07, 6.45) is 4.05. The van der Waals surface area contributed by atoms with E-state index in [0.29, 0.717) is 47.8 Å². The number of carbonyl (C=O) groups excluding carboxylic acids is 2. The largest absolute Gasteiger partial charge is 0.444 e. The number of aromatic nitrogens is 2. The lowest BCUT2D eigenvalue weighted by Gasteiger charge is -2.44. The van der Waals surface area contributed by atoms with E-state index < -0.39 is 5.60 Å². The average molecular weight is 591 g/mol. The molecule has 0 unspecified atom stereocenters. The van der Waals surface area contributed by atoms with E-state index in [1.54, 1.807) is 4.90 Å². The first kappa shape index (κ1) is 28.7. The van der Waals surface area contributed by atoms with Crippen molar-refractivity contribution in [3.8, 4) is 0 Å². The summed E-state index contributed by atoms with van der Waals surface area (Å²) < 4.78 is 5.54. The monoisotopic (exact) mass is 589 g/mol. The Hall–Kier alpha value is -2.82. The van der Waals surface area contributed by atoms with E-state index in [-0.39, 0.29) is 17.3 Å². The number of nitrogens with zero attached hydrogens (tertiary/aromatic N) is 6. The molecule has 12 heteroatoms. The molecule has 2 amide bonds. The van der Waals surface area contributed by atoms with Crippen molar-refractivity contribution in [3.05, 3.63) is 39.8 Å². The zero-order valence-corrected chi connectivity index (χ0v) is 25.1. The molecular formula is C28H37Cl2N7O3. The second kappa shape index (κ2) is 11.6. The number of ether oxygens (including phenoxy) is 1. The molecule has 0 aliphatic carbocycles. The zero-order valence-electron chi connectivity index (χ0n) is 23.5. The molecule has 0 saturated carbocycles. The van der Waals surface area contributed by atoms with Crippen LogP contribution in [0.4, 0.5) is 22.0 Å². The third-order valence-electron chi connectivity index (χ3n) is 7.80. The molecule has 10 nitrogen and oxygen atoms in total. The number of anilines is 3. The number of benzene rings is 1. The van der Waals surface area contributed by atoms with Crippen molar-refractivity contribution in [2.75, 3.05) is 63.1 Å². The van der Waals surface area contributed by atoms with Gasteiger partial charge in [0.2, 0.25) is 5.28 Å². The molecular weight excluding hydrogens is 553 g/mol. The molecule has 40 heavy (non-hydrogen) atoms. The first-order chi connectivity index (χ1) is 19.0. The minimum atomic E-state index is -0.481. The summed E-state index contributed by atoms with van der Waals surface area (Å²) in [4.78, 5) is 42.4. The van der Waals surface area contributed by atoms with Crippen LogP contribution in [0.5, 0.6) is 0 Å². The zero-order chi connectivity index (χ0) is 28.6. The number of nitrogens with one attached hydrogen (secondary N) is 1. The number of piperazine rings is 1. The molecule has 3 aliphatic rings. The third kappa shape index (κ3) is 6.24. The molecule has 216 valence electrons. The molecule has 4 heterocycles. The Labute approximate surface area is 245 Å². The van der Waals surface area contributed by atoms with Crippen molar-refractivity contribution in [3.63, 3.8) is 0 Å². The first-order valence-corrected chi connectivity index (χ1v) is 14.6. The Kier molecular flexibility index (Phi) is 8.31. The maximum absolute atomic E-state index is 13.4. The lowest BCUT2D eigenvalue weighted by Crippen LogP contribution is -2.55. The lowest BCUT2D eigenvalue weighted by molar-refractivity contribution is 0.00901. The lowest BCUT2D eigenvalue weighted by atomic mass is 9.93. The number of likely N-dealkylation sites (N-methyl/N-ethyl adjacent to an activating group) is 1. The van der Waals surface area contributed by atoms with Crippen molar-refractivity contribution >= 4 is 52.4 Å². The van der Waals surface area contributed by atoms with E-state index in [1.807, 2.05) is 38.8 Å². The Morgan fingerprint density at radius 3 is 2.42 bits per heavy atom. The van der Waals surface area contributed by atoms with Crippen molar-refractivity contribution in [2.24, 2.45) is 0 Å². The van der Waals surface area contributed by atoms with Crippen LogP contribution in [0.25, 0.3) is 0 Å². The van der Waals surface area contributed by atoms with E-state index in [0.717, 1.165) is 56.7 Å². The molecule has 2 aromatic rings. The van der Waals surface area contributed by atoms with Crippen LogP contribution in [0.1, 0.15) is 49.5 Å². The molecule has 1 aromatic heterocycles. The molecule has 1 aromatic carbocycles. The van der Waals surface area contributed by atoms with E-state index in [1.165, 1.54) is 6.20 Å². The standard InChI is InChI=1S/C28H37Cl2N7O3/c1-28(2,3)40-27(39)37-15-13-35(14-16-37)18-7-11-36(12-8-18)22-6-5-21(23-19(22)9-10-34(4)25(23)38)32-24-20(29)17-31-26(30)33-24/h5-6,17-18H,7-16H2,1-4H3,(H,31,32,33). The molecule has 5 rings (SSSR count). The Bertz CT molecular complexity index is 1270. The fourth-order valence-corrected chi connectivity index (χ4v) is 6.01. The second-order valence-electron chi connectivity index (χ2n) is 11.6. The Balaban J connectivity index is 1.26. The summed E-state index contributed by atoms with van der Waals surface area (Å²) in [5, 5.41) is 3.62. The number of amides is 2. The second-order valence-corrected chi connectivity index (χ2v) is 12.4. The molecule has 2 saturated heterocycles. The number of hydrogen-bond acceptors (Lipinski definition) is 8. The van der Waals surface area contributed by atoms with Crippen molar-refractivity contribution in [2.45, 2.75) is 51.7 Å². The summed E-state index contributed by atoms with van der Waals surface area (Å²) in [5.41, 5.74) is 2.99. The van der Waals surface area contributed by atoms with E-state index >= 15 is 0 Å². The summed E-state index contributed by atoms with van der Waals surface area (Å²) in [6.45, 7) is 11.3. The molecule has 1 N–H and O–H groups in total. The smallest absolute Gasteiger partial charge is 0.410 e. The first-order valence-electron chi connectivity index (χ1n) is 13.8. The van der Waals surface area contributed by atoms with Gasteiger partial charge in [-0.15, -0.1) is 0 Å². The molecule has 3 aliphatic heterocycles. The van der Waals surface area contributed by atoms with Gasteiger partial charge in [-0.2, -0.15) is 4.98 Å². The predicted molar refractivity (Wildman–Crippen MR) is 157 cm³/mol. The molecule has 2 fully saturated rings. The summed E-state index contributed by atoms with van der Waals surface area (Å²) in [6, 6.07) is 4.50. The van der Waals surface area contributed by atoms with Crippen LogP contribution in [-0.2, 0) is 11.2 Å². The molecule has 0 atom stereocenters. The van der Waals surface area contributed by atoms with Gasteiger partial charge < -0.3 is 24.8 Å². The highest BCUT2D eigenvalue weighted by molar-refractivity contribution is 6.33. The SMILES string of the molecule is CN1CCc2c(N3CCC(N4CCN(C(=O)OC(C)(C)C)CC4)CC3)ccc(Nc3nc(Cl)ncc3Cl)c2C1=O. The molecule has 0 bridgehead atoms. The van der Waals surface area contributed by atoms with Gasteiger partial charge >= 0.3 is 6.09 Å². The Morgan fingerprint density at radius 1 is 1.05 bits per heavy atom. The van der Waals surface area contributed by atoms with Gasteiger partial charge in [0.05, 0.1) is 17.4 Å². The topological polar surface area (TPSA) is 94.1 Å². The van der Waals surface area contributed by atoms with Gasteiger partial charge in [0.25, 0.3) is 5.91 Å². The molecule has 0 radical (unpaired) electrons. The van der Waals surface area contributed by atoms with Crippen LogP contribution in [0.2, 0.25) is 10.3 Å². The van der Waals surface area contributed by atoms with Crippen LogP contribution < -0.4 is 10.2 Å². The fourth-order valence-electron chi connectivity index (χ4n) is 5.74. The molecule has 0 spiro atoms. The predicted octanol–water partition coefficient (Wildman–Crippen LogP) is 4.68. The van der Waals surface area contributed by atoms with Gasteiger partial charge in [-0.3, -0.25) is 9.69 Å². The normalized spacial score (nSPS) is 19.1. The van der Waals surface area contributed by atoms with Gasteiger partial charge in [-0.1, -0.05) is 11.6 Å². The number of carbonyl (C=O) groups is 2. The van der Waals surface area contributed by atoms with Crippen LogP contribution in [0.3, 0.4) is 0 Å². The number of fused-ring (bicyclic) bond motifs is 1. The van der Waals surface area contributed by atoms with Crippen molar-refractivity contribution in [1.82, 2.24) is 24.7 Å². The summed E-state index contributed by atoms with van der Waals surface area (Å²) >= 11 is 12.3. The maximum atomic E-state index is 13.4. The van der Waals surface area contributed by atoms with Crippen LogP contribution in [-0.4, -0.2) is 101 Å². The minimum Gasteiger partial charge on any atom is -0.444 e. The third-order valence-corrected chi connectivity index (χ3v) is 8.26. The van der Waals surface area contributed by atoms with Gasteiger partial charge in [0.15, 0.2) is 5.82 Å². The highest BCUT2D eigenvalue weighted by atomic mass is 35.5. The van der Waals surface area contributed by atoms with Crippen LogP contribution in [0, 0.1) is 0 Å². The maximum Gasteiger partial charge on any atom is 0.410 e.